The number of esters is 1. The predicted octanol–water partition coefficient (Wildman–Crippen LogP) is 4.84. The molecule has 10 unspecified atom stereocenters. The van der Waals surface area contributed by atoms with Crippen LogP contribution < -0.4 is 5.63 Å². The minimum Gasteiger partial charge on any atom is -0.462 e. The molecule has 10 atom stereocenters. The van der Waals surface area contributed by atoms with Crippen molar-refractivity contribution in [3.05, 3.63) is 34.4 Å². The summed E-state index contributed by atoms with van der Waals surface area (Å²) in [6.45, 7) is 6.78. The number of fused-ring (bicyclic) bond motifs is 3. The van der Waals surface area contributed by atoms with Gasteiger partial charge in [0.25, 0.3) is 0 Å². The Morgan fingerprint density at radius 2 is 1.94 bits per heavy atom. The average molecular weight is 471 g/mol. The Morgan fingerprint density at radius 3 is 2.65 bits per heavy atom. The van der Waals surface area contributed by atoms with Crippen molar-refractivity contribution < 1.29 is 23.4 Å². The average Bonchev–Trinajstić information content (AvgIpc) is 3.52. The zero-order valence-electron chi connectivity index (χ0n) is 20.9. The van der Waals surface area contributed by atoms with Gasteiger partial charge in [-0.3, -0.25) is 4.79 Å². The molecule has 1 aromatic rings. The first-order valence-electron chi connectivity index (χ1n) is 13.3. The second-order valence-corrected chi connectivity index (χ2v) is 12.1. The third-order valence-electron chi connectivity index (χ3n) is 11.0. The number of ether oxygens (including phenoxy) is 3. The first-order valence-corrected chi connectivity index (χ1v) is 13.3. The van der Waals surface area contributed by atoms with Crippen molar-refractivity contribution >= 4 is 5.97 Å². The topological polar surface area (TPSA) is 78.3 Å². The Bertz CT molecular complexity index is 1010. The van der Waals surface area contributed by atoms with Gasteiger partial charge in [-0.05, 0) is 79.7 Å². The lowest BCUT2D eigenvalue weighted by atomic mass is 9.44. The van der Waals surface area contributed by atoms with E-state index in [1.165, 1.54) is 25.3 Å². The van der Waals surface area contributed by atoms with Gasteiger partial charge in [-0.1, -0.05) is 20.8 Å². The van der Waals surface area contributed by atoms with Gasteiger partial charge < -0.3 is 18.6 Å². The number of rotatable bonds is 4. The summed E-state index contributed by atoms with van der Waals surface area (Å²) in [7, 11) is 1.79. The summed E-state index contributed by atoms with van der Waals surface area (Å²) < 4.78 is 23.9. The highest BCUT2D eigenvalue weighted by atomic mass is 16.6. The molecule has 0 bridgehead atoms. The Labute approximate surface area is 201 Å². The number of methoxy groups -OCH3 is 1. The molecule has 0 amide bonds. The highest BCUT2D eigenvalue weighted by molar-refractivity contribution is 5.69. The minimum absolute atomic E-state index is 0.0221. The van der Waals surface area contributed by atoms with Gasteiger partial charge in [-0.15, -0.1) is 0 Å². The Balaban J connectivity index is 1.30. The molecule has 6 rings (SSSR count). The molecule has 5 aliphatic rings. The molecule has 1 aromatic heterocycles. The molecule has 1 aliphatic heterocycles. The molecule has 1 spiro atoms. The van der Waals surface area contributed by atoms with E-state index in [1.54, 1.807) is 13.4 Å². The molecule has 34 heavy (non-hydrogen) atoms. The van der Waals surface area contributed by atoms with Crippen LogP contribution in [0, 0.1) is 28.6 Å². The molecule has 0 N–H and O–H groups in total. The lowest BCUT2D eigenvalue weighted by molar-refractivity contribution is -0.165. The van der Waals surface area contributed by atoms with Gasteiger partial charge in [0.2, 0.25) is 0 Å². The van der Waals surface area contributed by atoms with E-state index in [9.17, 15) is 9.59 Å². The Kier molecular flexibility index (Phi) is 5.14. The summed E-state index contributed by atoms with van der Waals surface area (Å²) in [4.78, 5) is 23.5. The van der Waals surface area contributed by atoms with E-state index in [0.29, 0.717) is 24.2 Å². The Hall–Kier alpha value is -1.66. The van der Waals surface area contributed by atoms with E-state index in [2.05, 4.69) is 13.8 Å². The van der Waals surface area contributed by atoms with Crippen molar-refractivity contribution in [1.29, 1.82) is 0 Å². The van der Waals surface area contributed by atoms with E-state index in [-0.39, 0.29) is 52.3 Å². The first-order chi connectivity index (χ1) is 16.3. The minimum atomic E-state index is -0.313. The molecule has 0 aromatic carbocycles. The zero-order chi connectivity index (χ0) is 23.9. The number of epoxide rings is 1. The maximum atomic E-state index is 11.9. The van der Waals surface area contributed by atoms with Crippen LogP contribution in [0.4, 0.5) is 0 Å². The van der Waals surface area contributed by atoms with Crippen LogP contribution in [0.1, 0.15) is 83.6 Å². The van der Waals surface area contributed by atoms with Gasteiger partial charge in [0.1, 0.15) is 17.8 Å². The number of carbonyl (C=O) groups is 1. The van der Waals surface area contributed by atoms with Crippen molar-refractivity contribution in [2.24, 2.45) is 28.6 Å². The van der Waals surface area contributed by atoms with Crippen LogP contribution >= 0.6 is 0 Å². The lowest BCUT2D eigenvalue weighted by Gasteiger charge is -2.61. The molecule has 5 fully saturated rings. The number of hydrogen-bond acceptors (Lipinski definition) is 6. The summed E-state index contributed by atoms with van der Waals surface area (Å²) >= 11 is 0. The standard InChI is InChI=1S/C28H38O6/c1-5-21(29)33-18-10-12-26(2)17(14-18)7-8-20-19(26)11-13-27(3)23(16-6-9-22(30)32-15-16)24(31-4)25-28(20,27)34-25/h6,9,15,17-20,23-25H,5,7-8,10-14H2,1-4H3. The van der Waals surface area contributed by atoms with Gasteiger partial charge >= 0.3 is 11.6 Å². The van der Waals surface area contributed by atoms with E-state index in [1.807, 2.05) is 13.0 Å². The van der Waals surface area contributed by atoms with Crippen LogP contribution in [0.25, 0.3) is 0 Å². The summed E-state index contributed by atoms with van der Waals surface area (Å²) in [6, 6.07) is 3.46. The van der Waals surface area contributed by atoms with Crippen LogP contribution in [0.2, 0.25) is 0 Å². The molecule has 0 radical (unpaired) electrons. The first kappa shape index (κ1) is 22.8. The molecule has 1 saturated heterocycles. The van der Waals surface area contributed by atoms with Gasteiger partial charge in [0, 0.05) is 30.9 Å². The number of carbonyl (C=O) groups excluding carboxylic acids is 1. The van der Waals surface area contributed by atoms with Crippen LogP contribution in [0.5, 0.6) is 0 Å². The lowest BCUT2D eigenvalue weighted by Crippen LogP contribution is -2.58. The fraction of sp³-hybridized carbons (Fsp3) is 0.786. The maximum Gasteiger partial charge on any atom is 0.335 e. The van der Waals surface area contributed by atoms with Gasteiger partial charge in [-0.2, -0.15) is 0 Å². The summed E-state index contributed by atoms with van der Waals surface area (Å²) in [5.74, 6) is 1.84. The largest absolute Gasteiger partial charge is 0.462 e. The third-order valence-corrected chi connectivity index (χ3v) is 11.0. The van der Waals surface area contributed by atoms with Crippen molar-refractivity contribution in [3.8, 4) is 0 Å². The second-order valence-electron chi connectivity index (χ2n) is 12.1. The highest BCUT2D eigenvalue weighted by Crippen LogP contribution is 2.78. The SMILES string of the molecule is CCC(=O)OC1CCC2(C)C(CCC3C2CCC2(C)C(c4ccc(=O)oc4)C(OC)C4OC342)C1. The summed E-state index contributed by atoms with van der Waals surface area (Å²) in [5, 5.41) is 0. The summed E-state index contributed by atoms with van der Waals surface area (Å²) in [5.41, 5.74) is 0.811. The predicted molar refractivity (Wildman–Crippen MR) is 125 cm³/mol. The molecule has 4 saturated carbocycles. The fourth-order valence-corrected chi connectivity index (χ4v) is 9.40. The monoisotopic (exact) mass is 470 g/mol. The van der Waals surface area contributed by atoms with E-state index < -0.39 is 0 Å². The normalized spacial score (nSPS) is 48.8. The molecule has 6 heteroatoms. The molecule has 4 aliphatic carbocycles. The van der Waals surface area contributed by atoms with Crippen LogP contribution in [0.15, 0.2) is 27.6 Å². The third kappa shape index (κ3) is 2.87. The van der Waals surface area contributed by atoms with Crippen molar-refractivity contribution in [2.45, 2.75) is 102 Å². The van der Waals surface area contributed by atoms with Gasteiger partial charge in [0.05, 0.1) is 12.4 Å². The quantitative estimate of drug-likeness (QED) is 0.463. The molecular weight excluding hydrogens is 432 g/mol. The van der Waals surface area contributed by atoms with Crippen molar-refractivity contribution in [2.75, 3.05) is 7.11 Å². The fourth-order valence-electron chi connectivity index (χ4n) is 9.40. The summed E-state index contributed by atoms with van der Waals surface area (Å²) in [6.07, 6.45) is 9.99. The van der Waals surface area contributed by atoms with Crippen molar-refractivity contribution in [3.63, 3.8) is 0 Å². The van der Waals surface area contributed by atoms with E-state index in [0.717, 1.165) is 31.2 Å². The van der Waals surface area contributed by atoms with E-state index >= 15 is 0 Å². The molecular formula is C28H38O6. The smallest absolute Gasteiger partial charge is 0.335 e. The van der Waals surface area contributed by atoms with Gasteiger partial charge in [-0.25, -0.2) is 4.79 Å². The molecule has 2 heterocycles. The maximum absolute atomic E-state index is 11.9. The van der Waals surface area contributed by atoms with Crippen LogP contribution in [0.3, 0.4) is 0 Å². The second kappa shape index (κ2) is 7.67. The molecule has 6 nitrogen and oxygen atoms in total. The number of hydrogen-bond donors (Lipinski definition) is 0. The van der Waals surface area contributed by atoms with Crippen LogP contribution in [-0.2, 0) is 19.0 Å². The van der Waals surface area contributed by atoms with Crippen LogP contribution in [-0.4, -0.2) is 37.0 Å². The zero-order valence-corrected chi connectivity index (χ0v) is 20.9. The molecule has 186 valence electrons. The van der Waals surface area contributed by atoms with Crippen molar-refractivity contribution in [1.82, 2.24) is 0 Å². The Morgan fingerprint density at radius 1 is 1.12 bits per heavy atom. The van der Waals surface area contributed by atoms with E-state index in [4.69, 9.17) is 18.6 Å². The highest BCUT2D eigenvalue weighted by Gasteiger charge is 2.84. The van der Waals surface area contributed by atoms with Gasteiger partial charge in [0.15, 0.2) is 0 Å².